The largest absolute Gasteiger partial charge is 0.206 e. The summed E-state index contributed by atoms with van der Waals surface area (Å²) in [6.07, 6.45) is 13.2. The predicted molar refractivity (Wildman–Crippen MR) is 136 cm³/mol. The molecule has 1 aliphatic rings. The Morgan fingerprint density at radius 3 is 2.22 bits per heavy atom. The molecule has 0 bridgehead atoms. The van der Waals surface area contributed by atoms with E-state index in [0.29, 0.717) is 0 Å². The number of hydrogen-bond acceptors (Lipinski definition) is 0. The van der Waals surface area contributed by atoms with Crippen molar-refractivity contribution < 1.29 is 4.39 Å². The molecular weight excluding hydrogens is 391 g/mol. The van der Waals surface area contributed by atoms with Gasteiger partial charge < -0.3 is 0 Å². The van der Waals surface area contributed by atoms with Crippen molar-refractivity contribution in [1.82, 2.24) is 0 Å². The summed E-state index contributed by atoms with van der Waals surface area (Å²) >= 11 is 0. The van der Waals surface area contributed by atoms with Crippen LogP contribution in [0.5, 0.6) is 0 Å². The Bertz CT molecular complexity index is 993. The van der Waals surface area contributed by atoms with Crippen LogP contribution in [0.1, 0.15) is 93.4 Å². The quantitative estimate of drug-likeness (QED) is 0.297. The third-order valence-corrected chi connectivity index (χ3v) is 7.73. The van der Waals surface area contributed by atoms with Gasteiger partial charge in [-0.05, 0) is 90.8 Å². The van der Waals surface area contributed by atoms with Gasteiger partial charge in [0.25, 0.3) is 0 Å². The number of halogens is 1. The van der Waals surface area contributed by atoms with Crippen molar-refractivity contribution in [2.45, 2.75) is 90.4 Å². The van der Waals surface area contributed by atoms with Crippen molar-refractivity contribution in [2.24, 2.45) is 5.92 Å². The summed E-state index contributed by atoms with van der Waals surface area (Å²) in [4.78, 5) is 0. The molecule has 3 aromatic rings. The van der Waals surface area contributed by atoms with Gasteiger partial charge in [-0.25, -0.2) is 4.39 Å². The van der Waals surface area contributed by atoms with E-state index in [9.17, 15) is 0 Å². The summed E-state index contributed by atoms with van der Waals surface area (Å²) in [6.45, 7) is 4.55. The summed E-state index contributed by atoms with van der Waals surface area (Å²) < 4.78 is 15.2. The highest BCUT2D eigenvalue weighted by molar-refractivity contribution is 5.84. The Balaban J connectivity index is 1.37. The first-order valence-electron chi connectivity index (χ1n) is 13.0. The van der Waals surface area contributed by atoms with Gasteiger partial charge in [0.2, 0.25) is 0 Å². The third-order valence-electron chi connectivity index (χ3n) is 7.73. The highest BCUT2D eigenvalue weighted by atomic mass is 19.1. The molecule has 0 heterocycles. The van der Waals surface area contributed by atoms with Crippen molar-refractivity contribution in [3.63, 3.8) is 0 Å². The van der Waals surface area contributed by atoms with Crippen LogP contribution in [0.2, 0.25) is 0 Å². The van der Waals surface area contributed by atoms with E-state index in [1.807, 2.05) is 12.1 Å². The Labute approximate surface area is 194 Å². The first-order chi connectivity index (χ1) is 15.7. The van der Waals surface area contributed by atoms with Crippen LogP contribution in [0.25, 0.3) is 10.8 Å². The number of hydrogen-bond donors (Lipinski definition) is 0. The molecule has 4 rings (SSSR count). The number of benzene rings is 3. The van der Waals surface area contributed by atoms with E-state index < -0.39 is 0 Å². The fourth-order valence-corrected chi connectivity index (χ4v) is 5.45. The number of aryl methyl sites for hydroxylation is 3. The molecule has 1 aliphatic carbocycles. The first-order valence-corrected chi connectivity index (χ1v) is 13.0. The fraction of sp³-hybridized carbons (Fsp3) is 0.484. The molecule has 0 spiro atoms. The van der Waals surface area contributed by atoms with Gasteiger partial charge in [0.05, 0.1) is 0 Å². The lowest BCUT2D eigenvalue weighted by atomic mass is 9.78. The average Bonchev–Trinajstić information content (AvgIpc) is 2.84. The molecule has 0 radical (unpaired) electrons. The van der Waals surface area contributed by atoms with Crippen LogP contribution in [-0.4, -0.2) is 0 Å². The molecule has 0 aromatic heterocycles. The molecule has 0 nitrogen and oxygen atoms in total. The normalized spacial score (nSPS) is 18.8. The van der Waals surface area contributed by atoms with E-state index >= 15 is 4.39 Å². The molecule has 0 aliphatic heterocycles. The summed E-state index contributed by atoms with van der Waals surface area (Å²) in [5.41, 5.74) is 4.95. The minimum Gasteiger partial charge on any atom is -0.206 e. The lowest BCUT2D eigenvalue weighted by Crippen LogP contribution is -2.12. The van der Waals surface area contributed by atoms with Gasteiger partial charge in [-0.3, -0.25) is 0 Å². The van der Waals surface area contributed by atoms with Crippen LogP contribution >= 0.6 is 0 Å². The Morgan fingerprint density at radius 2 is 1.50 bits per heavy atom. The Hall–Kier alpha value is -2.15. The monoisotopic (exact) mass is 430 g/mol. The Kier molecular flexibility index (Phi) is 8.00. The maximum Gasteiger partial charge on any atom is 0.134 e. The number of rotatable bonds is 9. The fourth-order valence-electron chi connectivity index (χ4n) is 5.45. The second-order valence-corrected chi connectivity index (χ2v) is 9.92. The van der Waals surface area contributed by atoms with Crippen LogP contribution in [0.3, 0.4) is 0 Å². The maximum atomic E-state index is 15.2. The molecule has 170 valence electrons. The van der Waals surface area contributed by atoms with Gasteiger partial charge in [0.1, 0.15) is 5.82 Å². The van der Waals surface area contributed by atoms with Crippen LogP contribution in [0.15, 0.2) is 54.6 Å². The van der Waals surface area contributed by atoms with E-state index in [-0.39, 0.29) is 5.82 Å². The van der Waals surface area contributed by atoms with Crippen LogP contribution < -0.4 is 0 Å². The van der Waals surface area contributed by atoms with Crippen molar-refractivity contribution >= 4 is 10.8 Å². The third kappa shape index (κ3) is 5.61. The summed E-state index contributed by atoms with van der Waals surface area (Å²) in [6, 6.07) is 19.5. The minimum atomic E-state index is -0.0353. The zero-order chi connectivity index (χ0) is 22.3. The predicted octanol–water partition coefficient (Wildman–Crippen LogP) is 9.18. The van der Waals surface area contributed by atoms with Gasteiger partial charge in [-0.1, -0.05) is 87.7 Å². The second-order valence-electron chi connectivity index (χ2n) is 9.92. The SMILES string of the molecule is CCCCCc1ccc2c(F)c(CCc3ccc(C4CCC(CC)CC4)cc3)ccc2c1. The number of unbranched alkanes of at least 4 members (excludes halogenated alkanes) is 2. The molecule has 3 aromatic carbocycles. The van der Waals surface area contributed by atoms with E-state index in [2.05, 4.69) is 56.3 Å². The van der Waals surface area contributed by atoms with Crippen LogP contribution in [-0.2, 0) is 19.3 Å². The van der Waals surface area contributed by atoms with Gasteiger partial charge in [-0.15, -0.1) is 0 Å². The van der Waals surface area contributed by atoms with E-state index in [4.69, 9.17) is 0 Å². The zero-order valence-corrected chi connectivity index (χ0v) is 20.0. The number of fused-ring (bicyclic) bond motifs is 1. The van der Waals surface area contributed by atoms with E-state index in [1.165, 1.54) is 68.1 Å². The van der Waals surface area contributed by atoms with Gasteiger partial charge in [0.15, 0.2) is 0 Å². The molecule has 0 N–H and O–H groups in total. The molecule has 32 heavy (non-hydrogen) atoms. The highest BCUT2D eigenvalue weighted by Gasteiger charge is 2.21. The van der Waals surface area contributed by atoms with E-state index in [0.717, 1.165) is 47.4 Å². The molecule has 0 amide bonds. The molecule has 0 saturated heterocycles. The molecule has 1 heteroatoms. The van der Waals surface area contributed by atoms with Gasteiger partial charge >= 0.3 is 0 Å². The van der Waals surface area contributed by atoms with Crippen LogP contribution in [0.4, 0.5) is 4.39 Å². The lowest BCUT2D eigenvalue weighted by Gasteiger charge is -2.28. The summed E-state index contributed by atoms with van der Waals surface area (Å²) in [5.74, 6) is 1.64. The van der Waals surface area contributed by atoms with Crippen molar-refractivity contribution in [1.29, 1.82) is 0 Å². The Morgan fingerprint density at radius 1 is 0.750 bits per heavy atom. The minimum absolute atomic E-state index is 0.0353. The average molecular weight is 431 g/mol. The molecule has 1 saturated carbocycles. The molecule has 1 fully saturated rings. The molecule has 0 unspecified atom stereocenters. The van der Waals surface area contributed by atoms with Crippen molar-refractivity contribution in [2.75, 3.05) is 0 Å². The molecular formula is C31H39F. The van der Waals surface area contributed by atoms with Crippen molar-refractivity contribution in [3.8, 4) is 0 Å². The van der Waals surface area contributed by atoms with Crippen LogP contribution in [0, 0.1) is 11.7 Å². The zero-order valence-electron chi connectivity index (χ0n) is 20.0. The standard InChI is InChI=1S/C31H39F/c1-3-5-6-7-25-13-21-30-29(22-25)20-19-28(31(30)32)18-12-24-10-16-27(17-11-24)26-14-8-23(4-2)9-15-26/h10-11,13,16-17,19-23,26H,3-9,12,14-15,18H2,1-2H3. The first kappa shape index (κ1) is 23.0. The van der Waals surface area contributed by atoms with Crippen molar-refractivity contribution in [3.05, 3.63) is 82.7 Å². The lowest BCUT2D eigenvalue weighted by molar-refractivity contribution is 0.319. The summed E-state index contributed by atoms with van der Waals surface area (Å²) in [5, 5.41) is 1.79. The van der Waals surface area contributed by atoms with Gasteiger partial charge in [-0.2, -0.15) is 0 Å². The van der Waals surface area contributed by atoms with E-state index in [1.54, 1.807) is 0 Å². The topological polar surface area (TPSA) is 0 Å². The smallest absolute Gasteiger partial charge is 0.134 e. The second kappa shape index (κ2) is 11.1. The highest BCUT2D eigenvalue weighted by Crippen LogP contribution is 2.37. The maximum absolute atomic E-state index is 15.2. The summed E-state index contributed by atoms with van der Waals surface area (Å²) in [7, 11) is 0. The van der Waals surface area contributed by atoms with Gasteiger partial charge in [0, 0.05) is 5.39 Å². The molecule has 0 atom stereocenters.